The molecule has 0 aromatic rings. The van der Waals surface area contributed by atoms with Crippen molar-refractivity contribution in [2.45, 2.75) is 261 Å². The second-order valence-corrected chi connectivity index (χ2v) is 17.8. The summed E-state index contributed by atoms with van der Waals surface area (Å²) in [7, 11) is 0. The average Bonchev–Trinajstić information content (AvgIpc) is 3.24. The number of ether oxygens (including phenoxy) is 4. The molecule has 11 atom stereocenters. The lowest BCUT2D eigenvalue weighted by atomic mass is 9.92. The van der Waals surface area contributed by atoms with Crippen LogP contribution in [0.15, 0.2) is 0 Å². The predicted octanol–water partition coefficient (Wildman–Crippen LogP) is 6.73. The Balaban J connectivity index is 1.85. The van der Waals surface area contributed by atoms with Gasteiger partial charge >= 0.3 is 0 Å². The molecule has 0 unspecified atom stereocenters. The summed E-state index contributed by atoms with van der Waals surface area (Å²) in [5, 5.41) is 72.1. The summed E-state index contributed by atoms with van der Waals surface area (Å²) >= 11 is 0. The number of hydrogen-bond donors (Lipinski definition) is 7. The zero-order valence-electron chi connectivity index (χ0n) is 37.6. The van der Waals surface area contributed by atoms with Gasteiger partial charge in [0.05, 0.1) is 19.8 Å². The van der Waals surface area contributed by atoms with Crippen molar-refractivity contribution in [1.29, 1.82) is 0 Å². The molecule has 0 spiro atoms. The van der Waals surface area contributed by atoms with Gasteiger partial charge in [-0.2, -0.15) is 0 Å². The molecule has 2 rings (SSSR count). The summed E-state index contributed by atoms with van der Waals surface area (Å²) in [6, 6.07) is 0. The Morgan fingerprint density at radius 1 is 0.467 bits per heavy atom. The lowest BCUT2D eigenvalue weighted by molar-refractivity contribution is -0.331. The number of unbranched alkanes of at least 4 members (excludes halogenated alkanes) is 24. The number of carbonyl (C=O) groups is 2. The molecule has 0 amide bonds. The second-order valence-electron chi connectivity index (χ2n) is 17.8. The second kappa shape index (κ2) is 34.3. The van der Waals surface area contributed by atoms with E-state index < -0.39 is 80.5 Å². The number of hydrogen-bond acceptors (Lipinski definition) is 13. The van der Waals surface area contributed by atoms with Gasteiger partial charge in [-0.3, -0.25) is 9.59 Å². The van der Waals surface area contributed by atoms with Crippen LogP contribution in [0, 0.1) is 5.92 Å². The average molecular weight is 861 g/mol. The maximum atomic E-state index is 13.6. The lowest BCUT2D eigenvalue weighted by Crippen LogP contribution is -2.61. The first-order chi connectivity index (χ1) is 29.0. The Labute approximate surface area is 362 Å². The molecule has 60 heavy (non-hydrogen) atoms. The van der Waals surface area contributed by atoms with Crippen molar-refractivity contribution in [3.8, 4) is 0 Å². The van der Waals surface area contributed by atoms with Crippen molar-refractivity contribution in [2.75, 3.05) is 19.8 Å². The predicted molar refractivity (Wildman–Crippen MR) is 231 cm³/mol. The largest absolute Gasteiger partial charge is 0.394 e. The summed E-state index contributed by atoms with van der Waals surface area (Å²) in [6.45, 7) is 3.10. The molecular weight excluding hydrogens is 773 g/mol. The van der Waals surface area contributed by atoms with E-state index in [1.54, 1.807) is 0 Å². The van der Waals surface area contributed by atoms with Gasteiger partial charge in [0.2, 0.25) is 0 Å². The van der Waals surface area contributed by atoms with Crippen molar-refractivity contribution in [3.05, 3.63) is 0 Å². The van der Waals surface area contributed by atoms with E-state index in [1.165, 1.54) is 116 Å². The first-order valence-electron chi connectivity index (χ1n) is 24.3. The molecule has 2 heterocycles. The molecule has 2 fully saturated rings. The van der Waals surface area contributed by atoms with Gasteiger partial charge in [-0.15, -0.1) is 0 Å². The quantitative estimate of drug-likeness (QED) is 0.0321. The van der Waals surface area contributed by atoms with E-state index in [2.05, 4.69) is 13.8 Å². The van der Waals surface area contributed by atoms with Crippen LogP contribution in [0.1, 0.15) is 200 Å². The van der Waals surface area contributed by atoms with Gasteiger partial charge in [0.1, 0.15) is 60.4 Å². The van der Waals surface area contributed by atoms with Gasteiger partial charge < -0.3 is 54.7 Å². The highest BCUT2D eigenvalue weighted by Crippen LogP contribution is 2.27. The minimum atomic E-state index is -1.72. The highest BCUT2D eigenvalue weighted by Gasteiger charge is 2.47. The number of aliphatic hydroxyl groups excluding tert-OH is 7. The van der Waals surface area contributed by atoms with Crippen molar-refractivity contribution >= 4 is 11.6 Å². The van der Waals surface area contributed by atoms with Gasteiger partial charge in [-0.05, 0) is 12.8 Å². The van der Waals surface area contributed by atoms with Crippen LogP contribution < -0.4 is 0 Å². The molecule has 0 saturated carbocycles. The number of carbonyl (C=O) groups excluding carboxylic acids is 2. The van der Waals surface area contributed by atoms with Gasteiger partial charge in [-0.25, -0.2) is 0 Å². The van der Waals surface area contributed by atoms with E-state index in [0.717, 1.165) is 44.9 Å². The van der Waals surface area contributed by atoms with Crippen LogP contribution in [0.3, 0.4) is 0 Å². The fraction of sp³-hybridized carbons (Fsp3) is 0.957. The van der Waals surface area contributed by atoms with Crippen LogP contribution in [0.5, 0.6) is 0 Å². The minimum absolute atomic E-state index is 0.00712. The molecule has 0 bridgehead atoms. The first kappa shape index (κ1) is 55.0. The molecule has 0 radical (unpaired) electrons. The molecule has 2 saturated heterocycles. The van der Waals surface area contributed by atoms with Gasteiger partial charge in [0.15, 0.2) is 12.6 Å². The number of ketones is 2. The molecule has 2 aliphatic rings. The normalized spacial score (nSPS) is 27.6. The van der Waals surface area contributed by atoms with Crippen molar-refractivity contribution < 1.29 is 64.3 Å². The molecular formula is C47H88O13. The molecule has 13 nitrogen and oxygen atoms in total. The Bertz CT molecular complexity index is 1060. The molecule has 13 heteroatoms. The summed E-state index contributed by atoms with van der Waals surface area (Å²) in [5.74, 6) is -0.873. The smallest absolute Gasteiger partial charge is 0.186 e. The summed E-state index contributed by atoms with van der Waals surface area (Å²) in [5.41, 5.74) is 0. The molecule has 0 aliphatic carbocycles. The van der Waals surface area contributed by atoms with Crippen LogP contribution in [-0.2, 0) is 28.5 Å². The topological polar surface area (TPSA) is 213 Å². The van der Waals surface area contributed by atoms with E-state index in [4.69, 9.17) is 18.9 Å². The van der Waals surface area contributed by atoms with E-state index >= 15 is 0 Å². The number of aliphatic hydroxyl groups is 7. The van der Waals surface area contributed by atoms with Crippen molar-refractivity contribution in [1.82, 2.24) is 0 Å². The zero-order valence-corrected chi connectivity index (χ0v) is 37.6. The SMILES string of the molecule is CCCCCCCCCCCCCCCC(=O)C[C@H](CO[C@@H]1O[C@H](CO[C@H]2O[C@H](CO)[C@H](O)[C@H](O)[C@H]2O)[C@H](O)[C@H](O)[C@H]1O)C(=O)CCCCCCCCCCCCCCC. The van der Waals surface area contributed by atoms with Crippen molar-refractivity contribution in [2.24, 2.45) is 5.92 Å². The van der Waals surface area contributed by atoms with Crippen molar-refractivity contribution in [3.63, 3.8) is 0 Å². The highest BCUT2D eigenvalue weighted by molar-refractivity contribution is 5.88. The fourth-order valence-corrected chi connectivity index (χ4v) is 8.30. The van der Waals surface area contributed by atoms with E-state index in [9.17, 15) is 45.3 Å². The van der Waals surface area contributed by atoms with Gasteiger partial charge in [0, 0.05) is 25.2 Å². The van der Waals surface area contributed by atoms with Crippen LogP contribution in [0.25, 0.3) is 0 Å². The van der Waals surface area contributed by atoms with Gasteiger partial charge in [-0.1, -0.05) is 168 Å². The lowest BCUT2D eigenvalue weighted by Gasteiger charge is -2.42. The van der Waals surface area contributed by atoms with Crippen LogP contribution in [0.4, 0.5) is 0 Å². The van der Waals surface area contributed by atoms with Crippen LogP contribution >= 0.6 is 0 Å². The maximum absolute atomic E-state index is 13.6. The van der Waals surface area contributed by atoms with Crippen LogP contribution in [-0.4, -0.2) is 129 Å². The Morgan fingerprint density at radius 2 is 0.833 bits per heavy atom. The molecule has 0 aromatic heterocycles. The molecule has 7 N–H and O–H groups in total. The fourth-order valence-electron chi connectivity index (χ4n) is 8.30. The maximum Gasteiger partial charge on any atom is 0.186 e. The van der Waals surface area contributed by atoms with E-state index in [1.807, 2.05) is 0 Å². The third-order valence-electron chi connectivity index (χ3n) is 12.4. The first-order valence-corrected chi connectivity index (χ1v) is 24.3. The third-order valence-corrected chi connectivity index (χ3v) is 12.4. The Kier molecular flexibility index (Phi) is 31.5. The summed E-state index contributed by atoms with van der Waals surface area (Å²) in [4.78, 5) is 26.8. The number of Topliss-reactive ketones (excluding diaryl/α,β-unsaturated/α-hetero) is 2. The third kappa shape index (κ3) is 22.5. The molecule has 0 aromatic carbocycles. The molecule has 354 valence electrons. The number of rotatable bonds is 38. The zero-order chi connectivity index (χ0) is 44.0. The van der Waals surface area contributed by atoms with E-state index in [-0.39, 0.29) is 24.6 Å². The Morgan fingerprint density at radius 3 is 1.27 bits per heavy atom. The Hall–Kier alpha value is -1.10. The van der Waals surface area contributed by atoms with E-state index in [0.29, 0.717) is 19.3 Å². The minimum Gasteiger partial charge on any atom is -0.394 e. The standard InChI is InChI=1S/C47H88O13/c1-3-5-7-9-11-13-15-17-19-21-23-25-27-29-36(49)31-35(37(50)30-28-26-24-22-20-18-16-14-12-10-8-6-4-2)33-57-46-45(56)43(54)41(52)39(60-46)34-58-47-44(55)42(53)40(51)38(32-48)59-47/h35,38-48,51-56H,3-34H2,1-2H3/t35-,38-,39-,40+,41+,42+,43+,44-,45-,46-,47+/m1/s1. The monoisotopic (exact) mass is 861 g/mol. The molecule has 2 aliphatic heterocycles. The van der Waals surface area contributed by atoms with Gasteiger partial charge in [0.25, 0.3) is 0 Å². The summed E-state index contributed by atoms with van der Waals surface area (Å²) in [6.07, 6.45) is 16.4. The highest BCUT2D eigenvalue weighted by atomic mass is 16.7. The van der Waals surface area contributed by atoms with Crippen LogP contribution in [0.2, 0.25) is 0 Å². The summed E-state index contributed by atoms with van der Waals surface area (Å²) < 4.78 is 22.6.